The molecule has 7 nitrogen and oxygen atoms in total. The Morgan fingerprint density at radius 3 is 2.56 bits per heavy atom. The third-order valence-electron chi connectivity index (χ3n) is 5.01. The van der Waals surface area contributed by atoms with Crippen LogP contribution in [0.15, 0.2) is 12.3 Å². The van der Waals surface area contributed by atoms with Crippen LogP contribution < -0.4 is 0 Å². The van der Waals surface area contributed by atoms with Gasteiger partial charge in [-0.3, -0.25) is 4.90 Å². The molecule has 0 atom stereocenters. The molecule has 3 rings (SSSR count). The van der Waals surface area contributed by atoms with E-state index < -0.39 is 0 Å². The van der Waals surface area contributed by atoms with Crippen molar-refractivity contribution in [3.63, 3.8) is 0 Å². The quantitative estimate of drug-likeness (QED) is 0.859. The number of likely N-dealkylation sites (tertiary alicyclic amines) is 1. The second-order valence-corrected chi connectivity index (χ2v) is 7.23. The molecule has 0 bridgehead atoms. The lowest BCUT2D eigenvalue weighted by molar-refractivity contribution is 0.173. The van der Waals surface area contributed by atoms with Gasteiger partial charge in [0.15, 0.2) is 5.82 Å². The lowest BCUT2D eigenvalue weighted by Crippen LogP contribution is -2.34. The molecule has 1 aliphatic heterocycles. The number of aliphatic hydroxyl groups is 1. The lowest BCUT2D eigenvalue weighted by Gasteiger charge is -2.31. The van der Waals surface area contributed by atoms with Crippen molar-refractivity contribution in [2.75, 3.05) is 13.1 Å². The van der Waals surface area contributed by atoms with Crippen LogP contribution in [-0.4, -0.2) is 47.8 Å². The third-order valence-corrected chi connectivity index (χ3v) is 5.01. The van der Waals surface area contributed by atoms with Crippen LogP contribution in [0.5, 0.6) is 0 Å². The molecule has 0 spiro atoms. The van der Waals surface area contributed by atoms with Crippen molar-refractivity contribution < 1.29 is 5.11 Å². The zero-order valence-electron chi connectivity index (χ0n) is 15.4. The summed E-state index contributed by atoms with van der Waals surface area (Å²) >= 11 is 0. The van der Waals surface area contributed by atoms with Crippen LogP contribution in [0.25, 0.3) is 0 Å². The lowest BCUT2D eigenvalue weighted by atomic mass is 9.93. The van der Waals surface area contributed by atoms with Crippen LogP contribution in [-0.2, 0) is 26.6 Å². The van der Waals surface area contributed by atoms with Gasteiger partial charge in [0.05, 0.1) is 5.69 Å². The molecular formula is C18H28N6O. The van der Waals surface area contributed by atoms with Gasteiger partial charge in [0.2, 0.25) is 0 Å². The SMILES string of the molecule is CC(C)c1nccc(CN2CCC(Cc3nnc(CO)n3C)CC2)n1. The summed E-state index contributed by atoms with van der Waals surface area (Å²) in [5.41, 5.74) is 1.11. The molecule has 0 aliphatic carbocycles. The maximum atomic E-state index is 9.23. The minimum absolute atomic E-state index is 0.0563. The van der Waals surface area contributed by atoms with Crippen LogP contribution in [0, 0.1) is 5.92 Å². The van der Waals surface area contributed by atoms with E-state index in [2.05, 4.69) is 38.9 Å². The first kappa shape index (κ1) is 17.9. The second-order valence-electron chi connectivity index (χ2n) is 7.23. The van der Waals surface area contributed by atoms with Crippen LogP contribution in [0.1, 0.15) is 55.8 Å². The minimum atomic E-state index is -0.0563. The zero-order valence-corrected chi connectivity index (χ0v) is 15.4. The summed E-state index contributed by atoms with van der Waals surface area (Å²) in [7, 11) is 1.93. The Labute approximate surface area is 149 Å². The summed E-state index contributed by atoms with van der Waals surface area (Å²) in [6.45, 7) is 7.25. The normalized spacial score (nSPS) is 16.7. The molecule has 0 unspecified atom stereocenters. The zero-order chi connectivity index (χ0) is 17.8. The van der Waals surface area contributed by atoms with E-state index in [0.29, 0.717) is 17.7 Å². The van der Waals surface area contributed by atoms with Gasteiger partial charge in [0.25, 0.3) is 0 Å². The van der Waals surface area contributed by atoms with Gasteiger partial charge in [-0.1, -0.05) is 13.8 Å². The number of aliphatic hydroxyl groups excluding tert-OH is 1. The van der Waals surface area contributed by atoms with Crippen LogP contribution in [0.3, 0.4) is 0 Å². The molecule has 3 heterocycles. The van der Waals surface area contributed by atoms with Crippen molar-refractivity contribution >= 4 is 0 Å². The third kappa shape index (κ3) is 4.41. The van der Waals surface area contributed by atoms with Gasteiger partial charge in [-0.15, -0.1) is 10.2 Å². The smallest absolute Gasteiger partial charge is 0.158 e. The monoisotopic (exact) mass is 344 g/mol. The molecule has 25 heavy (non-hydrogen) atoms. The van der Waals surface area contributed by atoms with Crippen molar-refractivity contribution in [3.05, 3.63) is 35.4 Å². The second kappa shape index (κ2) is 8.01. The van der Waals surface area contributed by atoms with Crippen molar-refractivity contribution in [2.24, 2.45) is 13.0 Å². The molecule has 136 valence electrons. The molecule has 1 fully saturated rings. The topological polar surface area (TPSA) is 80.0 Å². The van der Waals surface area contributed by atoms with Crippen molar-refractivity contribution in [1.82, 2.24) is 29.6 Å². The van der Waals surface area contributed by atoms with E-state index in [0.717, 1.165) is 56.2 Å². The highest BCUT2D eigenvalue weighted by Crippen LogP contribution is 2.22. The maximum Gasteiger partial charge on any atom is 0.158 e. The van der Waals surface area contributed by atoms with Gasteiger partial charge in [0, 0.05) is 32.1 Å². The van der Waals surface area contributed by atoms with Gasteiger partial charge in [-0.2, -0.15) is 0 Å². The fourth-order valence-electron chi connectivity index (χ4n) is 3.33. The van der Waals surface area contributed by atoms with Gasteiger partial charge in [-0.05, 0) is 37.9 Å². The van der Waals surface area contributed by atoms with E-state index in [1.54, 1.807) is 0 Å². The fraction of sp³-hybridized carbons (Fsp3) is 0.667. The molecule has 0 saturated carbocycles. The summed E-state index contributed by atoms with van der Waals surface area (Å²) in [4.78, 5) is 11.5. The molecular weight excluding hydrogens is 316 g/mol. The Morgan fingerprint density at radius 2 is 1.92 bits per heavy atom. The molecule has 1 aliphatic rings. The van der Waals surface area contributed by atoms with E-state index in [1.807, 2.05) is 23.9 Å². The van der Waals surface area contributed by atoms with Crippen molar-refractivity contribution in [3.8, 4) is 0 Å². The first-order valence-electron chi connectivity index (χ1n) is 9.09. The largest absolute Gasteiger partial charge is 0.388 e. The first-order valence-corrected chi connectivity index (χ1v) is 9.09. The Balaban J connectivity index is 1.51. The van der Waals surface area contributed by atoms with Gasteiger partial charge in [0.1, 0.15) is 18.3 Å². The Hall–Kier alpha value is -1.86. The highest BCUT2D eigenvalue weighted by Gasteiger charge is 2.22. The first-order chi connectivity index (χ1) is 12.1. The van der Waals surface area contributed by atoms with Crippen LogP contribution >= 0.6 is 0 Å². The number of nitrogens with zero attached hydrogens (tertiary/aromatic N) is 6. The van der Waals surface area contributed by atoms with Crippen LogP contribution in [0.2, 0.25) is 0 Å². The fourth-order valence-corrected chi connectivity index (χ4v) is 3.33. The predicted molar refractivity (Wildman–Crippen MR) is 94.8 cm³/mol. The summed E-state index contributed by atoms with van der Waals surface area (Å²) in [6.07, 6.45) is 5.12. The van der Waals surface area contributed by atoms with Gasteiger partial charge in [-0.25, -0.2) is 9.97 Å². The van der Waals surface area contributed by atoms with E-state index in [9.17, 15) is 5.11 Å². The molecule has 0 amide bonds. The standard InChI is InChI=1S/C18H28N6O/c1-13(2)18-19-7-4-15(20-18)11-24-8-5-14(6-9-24)10-16-21-22-17(12-25)23(16)3/h4,7,13-14,25H,5-6,8-12H2,1-3H3. The molecule has 2 aromatic rings. The number of hydrogen-bond acceptors (Lipinski definition) is 6. The maximum absolute atomic E-state index is 9.23. The van der Waals surface area contributed by atoms with E-state index in [-0.39, 0.29) is 6.61 Å². The van der Waals surface area contributed by atoms with Gasteiger partial charge >= 0.3 is 0 Å². The molecule has 2 aromatic heterocycles. The summed E-state index contributed by atoms with van der Waals surface area (Å²) < 4.78 is 1.92. The molecule has 1 saturated heterocycles. The van der Waals surface area contributed by atoms with Crippen molar-refractivity contribution in [2.45, 2.75) is 52.2 Å². The molecule has 7 heteroatoms. The van der Waals surface area contributed by atoms with E-state index in [1.165, 1.54) is 0 Å². The van der Waals surface area contributed by atoms with Crippen molar-refractivity contribution in [1.29, 1.82) is 0 Å². The Morgan fingerprint density at radius 1 is 1.20 bits per heavy atom. The highest BCUT2D eigenvalue weighted by molar-refractivity contribution is 5.05. The Bertz CT molecular complexity index is 691. The van der Waals surface area contributed by atoms with E-state index >= 15 is 0 Å². The number of aromatic nitrogens is 5. The molecule has 1 N–H and O–H groups in total. The number of hydrogen-bond donors (Lipinski definition) is 1. The average molecular weight is 344 g/mol. The predicted octanol–water partition coefficient (Wildman–Crippen LogP) is 1.68. The summed E-state index contributed by atoms with van der Waals surface area (Å²) in [5.74, 6) is 3.52. The van der Waals surface area contributed by atoms with Crippen LogP contribution in [0.4, 0.5) is 0 Å². The average Bonchev–Trinajstić information content (AvgIpc) is 2.97. The summed E-state index contributed by atoms with van der Waals surface area (Å²) in [6, 6.07) is 2.02. The molecule has 0 aromatic carbocycles. The number of rotatable bonds is 6. The summed E-state index contributed by atoms with van der Waals surface area (Å²) in [5, 5.41) is 17.5. The Kier molecular flexibility index (Phi) is 5.75. The number of piperidine rings is 1. The molecule has 0 radical (unpaired) electrons. The highest BCUT2D eigenvalue weighted by atomic mass is 16.3. The van der Waals surface area contributed by atoms with Gasteiger partial charge < -0.3 is 9.67 Å². The van der Waals surface area contributed by atoms with E-state index in [4.69, 9.17) is 0 Å². The minimum Gasteiger partial charge on any atom is -0.388 e.